The molecule has 0 aromatic carbocycles. The minimum atomic E-state index is -0.956. The predicted molar refractivity (Wildman–Crippen MR) is 96.3 cm³/mol. The Kier molecular flexibility index (Phi) is 5.59. The van der Waals surface area contributed by atoms with Crippen LogP contribution in [-0.2, 0) is 10.2 Å². The second kappa shape index (κ2) is 7.51. The quantitative estimate of drug-likeness (QED) is 0.844. The van der Waals surface area contributed by atoms with Gasteiger partial charge in [0, 0.05) is 37.5 Å². The third-order valence-corrected chi connectivity index (χ3v) is 3.77. The topological polar surface area (TPSA) is 113 Å². The summed E-state index contributed by atoms with van der Waals surface area (Å²) in [6.45, 7) is 7.67. The highest BCUT2D eigenvalue weighted by Gasteiger charge is 2.24. The summed E-state index contributed by atoms with van der Waals surface area (Å²) in [6.07, 6.45) is 3.18. The molecule has 2 N–H and O–H groups in total. The summed E-state index contributed by atoms with van der Waals surface area (Å²) in [7, 11) is 1.54. The highest BCUT2D eigenvalue weighted by atomic mass is 16.4. The van der Waals surface area contributed by atoms with E-state index in [2.05, 4.69) is 20.4 Å². The van der Waals surface area contributed by atoms with Crippen molar-refractivity contribution in [2.24, 2.45) is 5.92 Å². The van der Waals surface area contributed by atoms with Gasteiger partial charge in [0.2, 0.25) is 0 Å². The van der Waals surface area contributed by atoms with Crippen LogP contribution in [0.1, 0.15) is 33.4 Å². The van der Waals surface area contributed by atoms with E-state index in [1.807, 2.05) is 20.8 Å². The third kappa shape index (κ3) is 4.56. The summed E-state index contributed by atoms with van der Waals surface area (Å²) in [5, 5.41) is 16.3. The normalized spacial score (nSPS) is 12.5. The lowest BCUT2D eigenvalue weighted by Crippen LogP contribution is -2.37. The van der Waals surface area contributed by atoms with Crippen molar-refractivity contribution < 1.29 is 14.7 Å². The van der Waals surface area contributed by atoms with Crippen molar-refractivity contribution >= 4 is 17.8 Å². The van der Waals surface area contributed by atoms with Crippen molar-refractivity contribution in [2.45, 2.75) is 33.1 Å². The van der Waals surface area contributed by atoms with Gasteiger partial charge in [-0.3, -0.25) is 10.1 Å². The van der Waals surface area contributed by atoms with E-state index in [-0.39, 0.29) is 12.0 Å². The fourth-order valence-electron chi connectivity index (χ4n) is 2.17. The molecule has 0 saturated heterocycles. The molecule has 2 amide bonds. The Morgan fingerprint density at radius 1 is 1.31 bits per heavy atom. The van der Waals surface area contributed by atoms with E-state index in [1.54, 1.807) is 38.5 Å². The highest BCUT2D eigenvalue weighted by molar-refractivity contribution is 5.89. The summed E-state index contributed by atoms with van der Waals surface area (Å²) in [6, 6.07) is 3.02. The Bertz CT molecular complexity index is 782. The van der Waals surface area contributed by atoms with E-state index in [0.717, 1.165) is 5.69 Å². The molecule has 2 rings (SSSR count). The fourth-order valence-corrected chi connectivity index (χ4v) is 2.17. The molecule has 2 aromatic rings. The Labute approximate surface area is 152 Å². The van der Waals surface area contributed by atoms with Gasteiger partial charge < -0.3 is 10.0 Å². The summed E-state index contributed by atoms with van der Waals surface area (Å²) >= 11 is 0. The molecular formula is C17H24N6O3. The monoisotopic (exact) mass is 360 g/mol. The van der Waals surface area contributed by atoms with Gasteiger partial charge in [0.1, 0.15) is 5.82 Å². The number of amides is 2. The van der Waals surface area contributed by atoms with Crippen LogP contribution in [0.15, 0.2) is 24.5 Å². The maximum absolute atomic E-state index is 12.5. The van der Waals surface area contributed by atoms with Gasteiger partial charge in [-0.25, -0.2) is 14.8 Å². The number of carboxylic acid groups (broad SMARTS) is 1. The smallest absolute Gasteiger partial charge is 0.322 e. The number of aliphatic carboxylic acids is 1. The molecule has 2 heterocycles. The molecule has 0 spiro atoms. The van der Waals surface area contributed by atoms with Crippen molar-refractivity contribution in [2.75, 3.05) is 18.9 Å². The summed E-state index contributed by atoms with van der Waals surface area (Å²) in [4.78, 5) is 33.1. The number of nitrogens with zero attached hydrogens (tertiary/aromatic N) is 5. The second-order valence-corrected chi connectivity index (χ2v) is 7.18. The first-order valence-electron chi connectivity index (χ1n) is 8.22. The molecule has 9 heteroatoms. The number of aromatic nitrogens is 4. The number of carbonyl (C=O) groups is 2. The maximum Gasteiger partial charge on any atom is 0.322 e. The number of urea groups is 1. The zero-order valence-corrected chi connectivity index (χ0v) is 15.6. The van der Waals surface area contributed by atoms with Gasteiger partial charge in [-0.2, -0.15) is 9.78 Å². The molecule has 0 fully saturated rings. The van der Waals surface area contributed by atoms with Crippen molar-refractivity contribution in [3.8, 4) is 5.95 Å². The van der Waals surface area contributed by atoms with E-state index < -0.39 is 17.9 Å². The predicted octanol–water partition coefficient (Wildman–Crippen LogP) is 2.14. The number of hydrogen-bond acceptors (Lipinski definition) is 5. The summed E-state index contributed by atoms with van der Waals surface area (Å²) < 4.78 is 1.47. The van der Waals surface area contributed by atoms with Gasteiger partial charge in [-0.15, -0.1) is 0 Å². The Morgan fingerprint density at radius 2 is 1.92 bits per heavy atom. The van der Waals surface area contributed by atoms with E-state index in [1.165, 1.54) is 9.58 Å². The minimum Gasteiger partial charge on any atom is -0.481 e. The van der Waals surface area contributed by atoms with Crippen molar-refractivity contribution in [1.29, 1.82) is 0 Å². The molecule has 0 aliphatic heterocycles. The molecular weight excluding hydrogens is 336 g/mol. The summed E-state index contributed by atoms with van der Waals surface area (Å²) in [5.74, 6) is -0.874. The lowest BCUT2D eigenvalue weighted by molar-refractivity contribution is -0.141. The SMILES string of the molecule is CC(CN(C)C(=O)Nc1cc(C(C)(C)C)nn1-c1ncccn1)C(=O)O. The van der Waals surface area contributed by atoms with Gasteiger partial charge in [0.25, 0.3) is 5.95 Å². The van der Waals surface area contributed by atoms with Crippen molar-refractivity contribution in [1.82, 2.24) is 24.6 Å². The standard InChI is InChI=1S/C17H24N6O3/c1-11(14(24)25)10-22(5)16(26)20-13-9-12(17(2,3)4)21-23(13)15-18-7-6-8-19-15/h6-9,11H,10H2,1-5H3,(H,20,26)(H,24,25). The van der Waals surface area contributed by atoms with Gasteiger partial charge in [-0.05, 0) is 6.07 Å². The molecule has 0 aliphatic rings. The van der Waals surface area contributed by atoms with Crippen LogP contribution in [0.3, 0.4) is 0 Å². The fraction of sp³-hybridized carbons (Fsp3) is 0.471. The van der Waals surface area contributed by atoms with Crippen LogP contribution in [0.4, 0.5) is 10.6 Å². The highest BCUT2D eigenvalue weighted by Crippen LogP contribution is 2.25. The number of anilines is 1. The van der Waals surface area contributed by atoms with Gasteiger partial charge in [-0.1, -0.05) is 27.7 Å². The molecule has 2 aromatic heterocycles. The summed E-state index contributed by atoms with van der Waals surface area (Å²) in [5.41, 5.74) is 0.533. The lowest BCUT2D eigenvalue weighted by Gasteiger charge is -2.20. The van der Waals surface area contributed by atoms with Crippen LogP contribution in [0, 0.1) is 5.92 Å². The van der Waals surface area contributed by atoms with Gasteiger partial charge >= 0.3 is 12.0 Å². The van der Waals surface area contributed by atoms with Gasteiger partial charge in [0.05, 0.1) is 11.6 Å². The number of nitrogens with one attached hydrogen (secondary N) is 1. The molecule has 0 saturated carbocycles. The van der Waals surface area contributed by atoms with Crippen LogP contribution in [0.5, 0.6) is 0 Å². The Morgan fingerprint density at radius 3 is 2.46 bits per heavy atom. The largest absolute Gasteiger partial charge is 0.481 e. The number of carboxylic acids is 1. The zero-order valence-electron chi connectivity index (χ0n) is 15.6. The Hall–Kier alpha value is -2.97. The first kappa shape index (κ1) is 19.4. The first-order chi connectivity index (χ1) is 12.1. The van der Waals surface area contributed by atoms with Crippen molar-refractivity contribution in [3.63, 3.8) is 0 Å². The molecule has 0 bridgehead atoms. The molecule has 0 aliphatic carbocycles. The molecule has 140 valence electrons. The minimum absolute atomic E-state index is 0.0866. The van der Waals surface area contributed by atoms with Crippen LogP contribution in [-0.4, -0.2) is 55.3 Å². The van der Waals surface area contributed by atoms with E-state index >= 15 is 0 Å². The van der Waals surface area contributed by atoms with Crippen molar-refractivity contribution in [3.05, 3.63) is 30.2 Å². The average Bonchev–Trinajstić information content (AvgIpc) is 2.99. The number of hydrogen-bond donors (Lipinski definition) is 2. The van der Waals surface area contributed by atoms with Crippen LogP contribution in [0.25, 0.3) is 5.95 Å². The maximum atomic E-state index is 12.5. The second-order valence-electron chi connectivity index (χ2n) is 7.18. The van der Waals surface area contributed by atoms with E-state index in [0.29, 0.717) is 11.8 Å². The van der Waals surface area contributed by atoms with E-state index in [9.17, 15) is 9.59 Å². The molecule has 9 nitrogen and oxygen atoms in total. The molecule has 1 unspecified atom stereocenters. The van der Waals surface area contributed by atoms with Gasteiger partial charge in [0.15, 0.2) is 0 Å². The first-order valence-corrected chi connectivity index (χ1v) is 8.22. The van der Waals surface area contributed by atoms with Crippen LogP contribution < -0.4 is 5.32 Å². The average molecular weight is 360 g/mol. The Balaban J connectivity index is 2.29. The van der Waals surface area contributed by atoms with Crippen LogP contribution >= 0.6 is 0 Å². The molecule has 26 heavy (non-hydrogen) atoms. The lowest BCUT2D eigenvalue weighted by atomic mass is 9.92. The molecule has 1 atom stereocenters. The number of rotatable bonds is 5. The van der Waals surface area contributed by atoms with E-state index in [4.69, 9.17) is 5.11 Å². The van der Waals surface area contributed by atoms with Crippen LogP contribution in [0.2, 0.25) is 0 Å². The third-order valence-electron chi connectivity index (χ3n) is 3.77. The number of carbonyl (C=O) groups excluding carboxylic acids is 1. The molecule has 0 radical (unpaired) electrons. The zero-order chi connectivity index (χ0) is 19.5.